The third kappa shape index (κ3) is 5.06. The largest absolute Gasteiger partial charge is 0.381 e. The number of nitrogens with two attached hydrogens (primary N) is 1. The highest BCUT2D eigenvalue weighted by Crippen LogP contribution is 2.16. The summed E-state index contributed by atoms with van der Waals surface area (Å²) in [5.74, 6) is 1.83. The number of rotatable bonds is 9. The van der Waals surface area contributed by atoms with E-state index < -0.39 is 0 Å². The number of thioether (sulfide) groups is 1. The van der Waals surface area contributed by atoms with Crippen LogP contribution in [0.3, 0.4) is 0 Å². The average molecular weight is 258 g/mol. The molecule has 0 saturated carbocycles. The van der Waals surface area contributed by atoms with E-state index in [9.17, 15) is 0 Å². The number of ether oxygens (including phenoxy) is 1. The molecule has 0 bridgehead atoms. The second-order valence-corrected chi connectivity index (χ2v) is 4.85. The number of unbranched alkanes of at least 4 members (excludes halogenated alkanes) is 1. The molecule has 0 aliphatic carbocycles. The van der Waals surface area contributed by atoms with Crippen LogP contribution in [-0.4, -0.2) is 40.3 Å². The van der Waals surface area contributed by atoms with Crippen molar-refractivity contribution in [1.82, 2.24) is 14.8 Å². The van der Waals surface area contributed by atoms with Crippen LogP contribution in [0.2, 0.25) is 0 Å². The predicted octanol–water partition coefficient (Wildman–Crippen LogP) is 1.45. The molecule has 5 nitrogen and oxygen atoms in total. The molecular weight excluding hydrogens is 236 g/mol. The molecule has 0 aromatic carbocycles. The van der Waals surface area contributed by atoms with Crippen LogP contribution < -0.4 is 5.73 Å². The zero-order valence-electron chi connectivity index (χ0n) is 10.7. The molecule has 6 heteroatoms. The molecule has 2 N–H and O–H groups in total. The highest BCUT2D eigenvalue weighted by atomic mass is 32.2. The Kier molecular flexibility index (Phi) is 7.23. The second kappa shape index (κ2) is 8.49. The van der Waals surface area contributed by atoms with Crippen molar-refractivity contribution in [1.29, 1.82) is 0 Å². The fourth-order valence-electron chi connectivity index (χ4n) is 1.40. The first-order chi connectivity index (χ1) is 8.29. The maximum absolute atomic E-state index is 5.56. The topological polar surface area (TPSA) is 66.0 Å². The van der Waals surface area contributed by atoms with E-state index in [1.807, 2.05) is 6.92 Å². The average Bonchev–Trinajstić information content (AvgIpc) is 2.66. The zero-order valence-corrected chi connectivity index (χ0v) is 11.5. The van der Waals surface area contributed by atoms with Gasteiger partial charge in [-0.3, -0.25) is 0 Å². The van der Waals surface area contributed by atoms with Crippen molar-refractivity contribution in [2.75, 3.05) is 25.5 Å². The van der Waals surface area contributed by atoms with Gasteiger partial charge in [0.25, 0.3) is 0 Å². The van der Waals surface area contributed by atoms with Crippen LogP contribution in [0.5, 0.6) is 0 Å². The molecule has 0 radical (unpaired) electrons. The summed E-state index contributed by atoms with van der Waals surface area (Å²) in [6.45, 7) is 7.11. The highest BCUT2D eigenvalue weighted by Gasteiger charge is 2.07. The van der Waals surface area contributed by atoms with E-state index in [0.717, 1.165) is 42.9 Å². The quantitative estimate of drug-likeness (QED) is 0.536. The number of hydrogen-bond donors (Lipinski definition) is 1. The van der Waals surface area contributed by atoms with E-state index in [0.29, 0.717) is 6.54 Å². The molecule has 0 unspecified atom stereocenters. The number of hydrogen-bond acceptors (Lipinski definition) is 5. The summed E-state index contributed by atoms with van der Waals surface area (Å²) >= 11 is 1.67. The molecule has 1 aromatic rings. The van der Waals surface area contributed by atoms with Crippen LogP contribution in [-0.2, 0) is 11.3 Å². The zero-order chi connectivity index (χ0) is 12.5. The van der Waals surface area contributed by atoms with Gasteiger partial charge in [0, 0.05) is 25.4 Å². The Morgan fingerprint density at radius 1 is 1.35 bits per heavy atom. The summed E-state index contributed by atoms with van der Waals surface area (Å²) in [5, 5.41) is 9.13. The normalized spacial score (nSPS) is 11.0. The van der Waals surface area contributed by atoms with Gasteiger partial charge in [0.2, 0.25) is 0 Å². The maximum Gasteiger partial charge on any atom is 0.191 e. The van der Waals surface area contributed by atoms with E-state index in [1.54, 1.807) is 11.8 Å². The molecule has 0 spiro atoms. The van der Waals surface area contributed by atoms with Gasteiger partial charge in [-0.25, -0.2) is 0 Å². The minimum absolute atomic E-state index is 0.611. The van der Waals surface area contributed by atoms with E-state index in [1.165, 1.54) is 6.42 Å². The van der Waals surface area contributed by atoms with E-state index in [4.69, 9.17) is 10.5 Å². The molecular formula is C11H22N4OS. The molecule has 17 heavy (non-hydrogen) atoms. The monoisotopic (exact) mass is 258 g/mol. The molecule has 0 aliphatic heterocycles. The highest BCUT2D eigenvalue weighted by molar-refractivity contribution is 7.99. The first kappa shape index (κ1) is 14.5. The third-order valence-electron chi connectivity index (χ3n) is 2.36. The van der Waals surface area contributed by atoms with Crippen LogP contribution in [0.25, 0.3) is 0 Å². The van der Waals surface area contributed by atoms with Crippen molar-refractivity contribution in [3.63, 3.8) is 0 Å². The molecule has 98 valence electrons. The minimum Gasteiger partial charge on any atom is -0.381 e. The SMILES string of the molecule is CCCCOCCSc1nnc(C)n1CCN. The van der Waals surface area contributed by atoms with Crippen LogP contribution in [0.4, 0.5) is 0 Å². The molecule has 0 atom stereocenters. The lowest BCUT2D eigenvalue weighted by Crippen LogP contribution is -2.12. The van der Waals surface area contributed by atoms with E-state index >= 15 is 0 Å². The van der Waals surface area contributed by atoms with Gasteiger partial charge in [-0.2, -0.15) is 0 Å². The van der Waals surface area contributed by atoms with Crippen molar-refractivity contribution in [2.24, 2.45) is 5.73 Å². The Bertz CT molecular complexity index is 316. The predicted molar refractivity (Wildman–Crippen MR) is 70.3 cm³/mol. The Morgan fingerprint density at radius 3 is 2.88 bits per heavy atom. The fraction of sp³-hybridized carbons (Fsp3) is 0.818. The van der Waals surface area contributed by atoms with Gasteiger partial charge in [-0.15, -0.1) is 10.2 Å². The van der Waals surface area contributed by atoms with Crippen molar-refractivity contribution in [2.45, 2.75) is 38.4 Å². The van der Waals surface area contributed by atoms with Gasteiger partial charge >= 0.3 is 0 Å². The summed E-state index contributed by atoms with van der Waals surface area (Å²) in [5.41, 5.74) is 5.56. The standard InChI is InChI=1S/C11H22N4OS/c1-3-4-7-16-8-9-17-11-14-13-10(2)15(11)6-5-12/h3-9,12H2,1-2H3. The molecule has 0 amide bonds. The van der Waals surface area contributed by atoms with Gasteiger partial charge < -0.3 is 15.0 Å². The first-order valence-corrected chi connectivity index (χ1v) is 7.08. The fourth-order valence-corrected chi connectivity index (χ4v) is 2.26. The summed E-state index contributed by atoms with van der Waals surface area (Å²) in [4.78, 5) is 0. The lowest BCUT2D eigenvalue weighted by atomic mass is 10.4. The second-order valence-electron chi connectivity index (χ2n) is 3.78. The number of aryl methyl sites for hydroxylation is 1. The van der Waals surface area contributed by atoms with Gasteiger partial charge in [0.1, 0.15) is 5.82 Å². The summed E-state index contributed by atoms with van der Waals surface area (Å²) < 4.78 is 7.55. The van der Waals surface area contributed by atoms with Gasteiger partial charge in [0.15, 0.2) is 5.16 Å². The number of aromatic nitrogens is 3. The Balaban J connectivity index is 2.26. The van der Waals surface area contributed by atoms with E-state index in [2.05, 4.69) is 21.7 Å². The van der Waals surface area contributed by atoms with Gasteiger partial charge in [-0.1, -0.05) is 25.1 Å². The molecule has 0 saturated heterocycles. The van der Waals surface area contributed by atoms with Crippen LogP contribution in [0.1, 0.15) is 25.6 Å². The Labute approximate surface area is 107 Å². The summed E-state index contributed by atoms with van der Waals surface area (Å²) in [7, 11) is 0. The van der Waals surface area contributed by atoms with Crippen molar-refractivity contribution in [3.8, 4) is 0 Å². The molecule has 1 aromatic heterocycles. The Morgan fingerprint density at radius 2 is 2.18 bits per heavy atom. The van der Waals surface area contributed by atoms with Crippen LogP contribution >= 0.6 is 11.8 Å². The third-order valence-corrected chi connectivity index (χ3v) is 3.29. The van der Waals surface area contributed by atoms with Crippen LogP contribution in [0, 0.1) is 6.92 Å². The summed E-state index contributed by atoms with van der Waals surface area (Å²) in [6, 6.07) is 0. The lowest BCUT2D eigenvalue weighted by Gasteiger charge is -2.06. The molecule has 0 aliphatic rings. The van der Waals surface area contributed by atoms with Gasteiger partial charge in [-0.05, 0) is 13.3 Å². The molecule has 0 fully saturated rings. The molecule has 1 rings (SSSR count). The Hall–Kier alpha value is -0.590. The van der Waals surface area contributed by atoms with Crippen LogP contribution in [0.15, 0.2) is 5.16 Å². The van der Waals surface area contributed by atoms with Gasteiger partial charge in [0.05, 0.1) is 6.61 Å². The van der Waals surface area contributed by atoms with E-state index in [-0.39, 0.29) is 0 Å². The smallest absolute Gasteiger partial charge is 0.191 e. The van der Waals surface area contributed by atoms with Crippen molar-refractivity contribution < 1.29 is 4.74 Å². The van der Waals surface area contributed by atoms with Crippen molar-refractivity contribution >= 4 is 11.8 Å². The van der Waals surface area contributed by atoms with Crippen molar-refractivity contribution in [3.05, 3.63) is 5.82 Å². The number of nitrogens with zero attached hydrogens (tertiary/aromatic N) is 3. The maximum atomic E-state index is 5.56. The first-order valence-electron chi connectivity index (χ1n) is 6.10. The minimum atomic E-state index is 0.611. The lowest BCUT2D eigenvalue weighted by molar-refractivity contribution is 0.147. The summed E-state index contributed by atoms with van der Waals surface area (Å²) in [6.07, 6.45) is 2.31. The molecule has 1 heterocycles.